The first-order valence-corrected chi connectivity index (χ1v) is 6.55. The van der Waals surface area contributed by atoms with Gasteiger partial charge in [-0.15, -0.1) is 0 Å². The topological polar surface area (TPSA) is 29.5 Å². The SMILES string of the molecule is CC[C@@H]1CCN(C(C)=O)c2cc(C)cc(OC)c21. The Hall–Kier alpha value is -1.51. The molecule has 1 aliphatic heterocycles. The first-order chi connectivity index (χ1) is 8.58. The molecule has 0 fully saturated rings. The third-order valence-corrected chi connectivity index (χ3v) is 3.76. The molecule has 0 unspecified atom stereocenters. The van der Waals surface area contributed by atoms with Crippen molar-refractivity contribution >= 4 is 11.6 Å². The zero-order chi connectivity index (χ0) is 13.3. The van der Waals surface area contributed by atoms with Crippen LogP contribution in [0.1, 0.15) is 43.7 Å². The lowest BCUT2D eigenvalue weighted by atomic mass is 9.86. The summed E-state index contributed by atoms with van der Waals surface area (Å²) < 4.78 is 5.52. The van der Waals surface area contributed by atoms with Crippen LogP contribution in [-0.4, -0.2) is 19.6 Å². The fraction of sp³-hybridized carbons (Fsp3) is 0.533. The minimum absolute atomic E-state index is 0.110. The monoisotopic (exact) mass is 247 g/mol. The van der Waals surface area contributed by atoms with Gasteiger partial charge in [-0.05, 0) is 43.4 Å². The quantitative estimate of drug-likeness (QED) is 0.803. The van der Waals surface area contributed by atoms with Gasteiger partial charge in [0.25, 0.3) is 0 Å². The van der Waals surface area contributed by atoms with Crippen LogP contribution in [-0.2, 0) is 4.79 Å². The maximum absolute atomic E-state index is 11.8. The summed E-state index contributed by atoms with van der Waals surface area (Å²) in [5, 5.41) is 0. The average molecular weight is 247 g/mol. The number of ether oxygens (including phenoxy) is 1. The number of amides is 1. The number of rotatable bonds is 2. The van der Waals surface area contributed by atoms with Gasteiger partial charge in [0.2, 0.25) is 5.91 Å². The van der Waals surface area contributed by atoms with E-state index in [-0.39, 0.29) is 5.91 Å². The number of fused-ring (bicyclic) bond motifs is 1. The van der Waals surface area contributed by atoms with Crippen molar-refractivity contribution in [3.8, 4) is 5.75 Å². The van der Waals surface area contributed by atoms with E-state index in [9.17, 15) is 4.79 Å². The zero-order valence-electron chi connectivity index (χ0n) is 11.6. The number of carbonyl (C=O) groups excluding carboxylic acids is 1. The van der Waals surface area contributed by atoms with Crippen LogP contribution in [0, 0.1) is 6.92 Å². The lowest BCUT2D eigenvalue weighted by molar-refractivity contribution is -0.116. The molecule has 1 amide bonds. The molecule has 0 spiro atoms. The van der Waals surface area contributed by atoms with Crippen molar-refractivity contribution in [1.29, 1.82) is 0 Å². The molecular weight excluding hydrogens is 226 g/mol. The van der Waals surface area contributed by atoms with Crippen molar-refractivity contribution in [2.45, 2.75) is 39.5 Å². The van der Waals surface area contributed by atoms with Crippen LogP contribution in [0.2, 0.25) is 0 Å². The molecule has 18 heavy (non-hydrogen) atoms. The molecule has 0 bridgehead atoms. The Morgan fingerprint density at radius 3 is 2.78 bits per heavy atom. The zero-order valence-corrected chi connectivity index (χ0v) is 11.6. The van der Waals surface area contributed by atoms with Gasteiger partial charge in [-0.1, -0.05) is 6.92 Å². The van der Waals surface area contributed by atoms with Crippen molar-refractivity contribution < 1.29 is 9.53 Å². The van der Waals surface area contributed by atoms with Crippen LogP contribution in [0.15, 0.2) is 12.1 Å². The number of hydrogen-bond acceptors (Lipinski definition) is 2. The highest BCUT2D eigenvalue weighted by molar-refractivity contribution is 5.93. The van der Waals surface area contributed by atoms with Crippen molar-refractivity contribution in [3.63, 3.8) is 0 Å². The third-order valence-electron chi connectivity index (χ3n) is 3.76. The van der Waals surface area contributed by atoms with E-state index in [2.05, 4.69) is 19.1 Å². The van der Waals surface area contributed by atoms with E-state index >= 15 is 0 Å². The van der Waals surface area contributed by atoms with Crippen LogP contribution in [0.4, 0.5) is 5.69 Å². The highest BCUT2D eigenvalue weighted by atomic mass is 16.5. The van der Waals surface area contributed by atoms with E-state index in [1.54, 1.807) is 14.0 Å². The molecule has 2 rings (SSSR count). The number of anilines is 1. The fourth-order valence-corrected chi connectivity index (χ4v) is 2.83. The summed E-state index contributed by atoms with van der Waals surface area (Å²) in [6.45, 7) is 6.67. The number of methoxy groups -OCH3 is 1. The molecule has 0 saturated heterocycles. The van der Waals surface area contributed by atoms with Crippen LogP contribution in [0.5, 0.6) is 5.75 Å². The van der Waals surface area contributed by atoms with Gasteiger partial charge in [0.15, 0.2) is 0 Å². The molecule has 3 nitrogen and oxygen atoms in total. The smallest absolute Gasteiger partial charge is 0.223 e. The molecule has 1 aromatic carbocycles. The van der Waals surface area contributed by atoms with Gasteiger partial charge in [0, 0.05) is 19.0 Å². The summed E-state index contributed by atoms with van der Waals surface area (Å²) >= 11 is 0. The number of hydrogen-bond donors (Lipinski definition) is 0. The van der Waals surface area contributed by atoms with Crippen LogP contribution in [0.25, 0.3) is 0 Å². The third kappa shape index (κ3) is 2.09. The van der Waals surface area contributed by atoms with Gasteiger partial charge in [0.1, 0.15) is 5.75 Å². The van der Waals surface area contributed by atoms with Crippen molar-refractivity contribution in [2.75, 3.05) is 18.6 Å². The highest BCUT2D eigenvalue weighted by Crippen LogP contribution is 2.43. The van der Waals surface area contributed by atoms with Crippen LogP contribution < -0.4 is 9.64 Å². The summed E-state index contributed by atoms with van der Waals surface area (Å²) in [5.74, 6) is 1.52. The average Bonchev–Trinajstić information content (AvgIpc) is 2.35. The second kappa shape index (κ2) is 5.01. The van der Waals surface area contributed by atoms with E-state index in [4.69, 9.17) is 4.74 Å². The molecular formula is C15H21NO2. The predicted molar refractivity (Wildman–Crippen MR) is 73.4 cm³/mol. The Morgan fingerprint density at radius 1 is 1.50 bits per heavy atom. The normalized spacial score (nSPS) is 18.4. The summed E-state index contributed by atoms with van der Waals surface area (Å²) in [5.41, 5.74) is 3.37. The minimum Gasteiger partial charge on any atom is -0.496 e. The summed E-state index contributed by atoms with van der Waals surface area (Å²) in [4.78, 5) is 13.6. The van der Waals surface area contributed by atoms with Gasteiger partial charge in [-0.3, -0.25) is 4.79 Å². The molecule has 0 saturated carbocycles. The second-order valence-corrected chi connectivity index (χ2v) is 4.96. The minimum atomic E-state index is 0.110. The fourth-order valence-electron chi connectivity index (χ4n) is 2.83. The summed E-state index contributed by atoms with van der Waals surface area (Å²) in [7, 11) is 1.70. The maximum atomic E-state index is 11.8. The molecule has 3 heteroatoms. The van der Waals surface area contributed by atoms with E-state index in [0.29, 0.717) is 5.92 Å². The van der Waals surface area contributed by atoms with Gasteiger partial charge >= 0.3 is 0 Å². The van der Waals surface area contributed by atoms with E-state index < -0.39 is 0 Å². The molecule has 0 aliphatic carbocycles. The summed E-state index contributed by atoms with van der Waals surface area (Å²) in [6.07, 6.45) is 2.10. The Balaban J connectivity index is 2.61. The highest BCUT2D eigenvalue weighted by Gasteiger charge is 2.29. The Morgan fingerprint density at radius 2 is 2.22 bits per heavy atom. The number of carbonyl (C=O) groups is 1. The predicted octanol–water partition coefficient (Wildman–Crippen LogP) is 3.25. The Labute approximate surface area is 109 Å². The number of benzene rings is 1. The molecule has 0 N–H and O–H groups in total. The summed E-state index contributed by atoms with van der Waals surface area (Å²) in [6, 6.07) is 4.16. The first-order valence-electron chi connectivity index (χ1n) is 6.55. The van der Waals surface area contributed by atoms with Crippen LogP contribution >= 0.6 is 0 Å². The van der Waals surface area contributed by atoms with Gasteiger partial charge < -0.3 is 9.64 Å². The first kappa shape index (κ1) is 12.9. The molecule has 0 radical (unpaired) electrons. The Kier molecular flexibility index (Phi) is 3.60. The van der Waals surface area contributed by atoms with E-state index in [1.807, 2.05) is 11.8 Å². The molecule has 1 aliphatic rings. The van der Waals surface area contributed by atoms with Gasteiger partial charge in [-0.2, -0.15) is 0 Å². The van der Waals surface area contributed by atoms with E-state index in [1.165, 1.54) is 5.56 Å². The number of aryl methyl sites for hydroxylation is 1. The standard InChI is InChI=1S/C15H21NO2/c1-5-12-6-7-16(11(3)17)13-8-10(2)9-14(18-4)15(12)13/h8-9,12H,5-7H2,1-4H3/t12-/m1/s1. The van der Waals surface area contributed by atoms with Gasteiger partial charge in [0.05, 0.1) is 12.8 Å². The van der Waals surface area contributed by atoms with Crippen molar-refractivity contribution in [3.05, 3.63) is 23.3 Å². The molecule has 98 valence electrons. The number of nitrogens with zero attached hydrogens (tertiary/aromatic N) is 1. The van der Waals surface area contributed by atoms with Crippen LogP contribution in [0.3, 0.4) is 0 Å². The largest absolute Gasteiger partial charge is 0.496 e. The lowest BCUT2D eigenvalue weighted by Crippen LogP contribution is -2.35. The lowest BCUT2D eigenvalue weighted by Gasteiger charge is -2.34. The van der Waals surface area contributed by atoms with Gasteiger partial charge in [-0.25, -0.2) is 0 Å². The molecule has 1 atom stereocenters. The van der Waals surface area contributed by atoms with E-state index in [0.717, 1.165) is 36.4 Å². The Bertz CT molecular complexity index is 468. The second-order valence-electron chi connectivity index (χ2n) is 4.96. The molecule has 1 aromatic rings. The molecule has 0 aromatic heterocycles. The van der Waals surface area contributed by atoms with Crippen molar-refractivity contribution in [2.24, 2.45) is 0 Å². The maximum Gasteiger partial charge on any atom is 0.223 e. The van der Waals surface area contributed by atoms with Crippen molar-refractivity contribution in [1.82, 2.24) is 0 Å². The molecule has 1 heterocycles.